The summed E-state index contributed by atoms with van der Waals surface area (Å²) in [5, 5.41) is 17.5. The van der Waals surface area contributed by atoms with Gasteiger partial charge in [0.2, 0.25) is 11.9 Å². The van der Waals surface area contributed by atoms with Crippen LogP contribution in [0.25, 0.3) is 10.4 Å². The van der Waals surface area contributed by atoms with Crippen molar-refractivity contribution in [3.05, 3.63) is 83.0 Å². The number of rotatable bonds is 6. The molecule has 0 saturated heterocycles. The van der Waals surface area contributed by atoms with Gasteiger partial charge in [-0.1, -0.05) is 6.07 Å². The molecule has 2 aromatic carbocycles. The third-order valence-electron chi connectivity index (χ3n) is 6.76. The fraction of sp³-hybridized carbons (Fsp3) is 0.286. The summed E-state index contributed by atoms with van der Waals surface area (Å²) in [7, 11) is 0. The van der Waals surface area contributed by atoms with Crippen molar-refractivity contribution in [3.8, 4) is 10.4 Å². The van der Waals surface area contributed by atoms with Crippen molar-refractivity contribution in [2.45, 2.75) is 44.4 Å². The predicted molar refractivity (Wildman–Crippen MR) is 143 cm³/mol. The number of benzene rings is 2. The van der Waals surface area contributed by atoms with Crippen LogP contribution in [0.4, 0.5) is 34.9 Å². The summed E-state index contributed by atoms with van der Waals surface area (Å²) in [5.74, 6) is -1.01. The molecule has 0 unspecified atom stereocenters. The smallest absolute Gasteiger partial charge is 0.383 e. The van der Waals surface area contributed by atoms with Gasteiger partial charge in [-0.3, -0.25) is 4.79 Å². The summed E-state index contributed by atoms with van der Waals surface area (Å²) >= 11 is 1.33. The summed E-state index contributed by atoms with van der Waals surface area (Å²) in [6.07, 6.45) is -0.232. The van der Waals surface area contributed by atoms with E-state index in [-0.39, 0.29) is 23.6 Å². The Morgan fingerprint density at radius 1 is 1.05 bits per heavy atom. The minimum Gasteiger partial charge on any atom is -0.383 e. The van der Waals surface area contributed by atoms with Crippen molar-refractivity contribution in [2.75, 3.05) is 10.6 Å². The Balaban J connectivity index is 1.27. The van der Waals surface area contributed by atoms with Gasteiger partial charge in [0, 0.05) is 29.7 Å². The highest BCUT2D eigenvalue weighted by molar-refractivity contribution is 7.15. The molecule has 3 N–H and O–H groups in total. The molecule has 40 heavy (non-hydrogen) atoms. The van der Waals surface area contributed by atoms with Crippen molar-refractivity contribution in [3.63, 3.8) is 0 Å². The lowest BCUT2D eigenvalue weighted by Crippen LogP contribution is -2.35. The van der Waals surface area contributed by atoms with Gasteiger partial charge in [0.1, 0.15) is 22.1 Å². The average Bonchev–Trinajstić information content (AvgIpc) is 3.41. The van der Waals surface area contributed by atoms with E-state index >= 15 is 0 Å². The van der Waals surface area contributed by atoms with Crippen LogP contribution in [0.2, 0.25) is 0 Å². The zero-order chi connectivity index (χ0) is 28.5. The Labute approximate surface area is 231 Å². The monoisotopic (exact) mass is 571 g/mol. The molecule has 2 aromatic heterocycles. The molecule has 208 valence electrons. The van der Waals surface area contributed by atoms with Crippen LogP contribution in [-0.2, 0) is 16.6 Å². The third-order valence-corrected chi connectivity index (χ3v) is 8.00. The van der Waals surface area contributed by atoms with Gasteiger partial charge in [0.05, 0.1) is 4.88 Å². The molecule has 7 nitrogen and oxygen atoms in total. The molecule has 0 atom stereocenters. The molecule has 0 bridgehead atoms. The number of hydrogen-bond donors (Lipinski definition) is 3. The number of anilines is 3. The highest BCUT2D eigenvalue weighted by Crippen LogP contribution is 2.43. The van der Waals surface area contributed by atoms with Crippen molar-refractivity contribution in [2.24, 2.45) is 5.92 Å². The molecule has 1 aliphatic carbocycles. The fourth-order valence-corrected chi connectivity index (χ4v) is 5.72. The van der Waals surface area contributed by atoms with Crippen LogP contribution in [0.1, 0.15) is 41.9 Å². The maximum atomic E-state index is 13.1. The quantitative estimate of drug-likeness (QED) is 0.220. The lowest BCUT2D eigenvalue weighted by molar-refractivity contribution is -0.141. The topological polar surface area (TPSA) is 100 Å². The first-order chi connectivity index (χ1) is 19.0. The van der Waals surface area contributed by atoms with Crippen LogP contribution in [0.5, 0.6) is 0 Å². The normalized spacial score (nSPS) is 19.3. The van der Waals surface area contributed by atoms with Crippen molar-refractivity contribution in [1.82, 2.24) is 15.0 Å². The molecule has 4 aromatic rings. The molecule has 12 heteroatoms. The number of carbonyl (C=O) groups excluding carboxylic acids is 1. The van der Waals surface area contributed by atoms with E-state index in [1.807, 2.05) is 13.0 Å². The summed E-state index contributed by atoms with van der Waals surface area (Å²) in [6.45, 7) is 1.86. The lowest BCUT2D eigenvalue weighted by Gasteiger charge is -2.33. The van der Waals surface area contributed by atoms with E-state index < -0.39 is 17.5 Å². The van der Waals surface area contributed by atoms with E-state index in [0.717, 1.165) is 28.3 Å². The van der Waals surface area contributed by atoms with Crippen molar-refractivity contribution in [1.29, 1.82) is 0 Å². The second kappa shape index (κ2) is 10.9. The number of nitrogens with zero attached hydrogens (tertiary/aromatic N) is 3. The van der Waals surface area contributed by atoms with Crippen LogP contribution >= 0.6 is 11.3 Å². The number of hydrogen-bond acceptors (Lipinski definition) is 7. The summed E-state index contributed by atoms with van der Waals surface area (Å²) in [4.78, 5) is 25.4. The standard InChI is InChI=1S/C28H25F4N5O2S/c1-16-12-18(14-21(13-16)36-26-33-11-8-23(37-26)28(30,31)32)22-15-34-25(40-22)27(39)9-6-17(7-10-27)24(38)35-20-4-2-19(29)3-5-20/h2-5,8,11-15,17,39H,6-7,9-10H2,1H3,(H,35,38)(H,33,36,37)/t17-,27+. The van der Waals surface area contributed by atoms with Crippen molar-refractivity contribution < 1.29 is 27.5 Å². The first-order valence-electron chi connectivity index (χ1n) is 12.5. The number of amides is 1. The number of aryl methyl sites for hydroxylation is 1. The number of nitrogens with one attached hydrogen (secondary N) is 2. The Morgan fingerprint density at radius 2 is 1.77 bits per heavy atom. The SMILES string of the molecule is Cc1cc(Nc2nccc(C(F)(F)F)n2)cc(-c2cnc([C@]3(O)CC[C@@H](C(=O)Nc4ccc(F)cc4)CC3)s2)c1. The Hall–Kier alpha value is -3.90. The van der Waals surface area contributed by atoms with Gasteiger partial charge in [-0.25, -0.2) is 19.3 Å². The molecular formula is C28H25F4N5O2S. The zero-order valence-corrected chi connectivity index (χ0v) is 22.1. The minimum atomic E-state index is -4.58. The van der Waals surface area contributed by atoms with Gasteiger partial charge in [-0.2, -0.15) is 13.2 Å². The second-order valence-electron chi connectivity index (χ2n) is 9.81. The molecule has 2 heterocycles. The number of aliphatic hydroxyl groups is 1. The van der Waals surface area contributed by atoms with E-state index in [4.69, 9.17) is 0 Å². The van der Waals surface area contributed by atoms with Crippen LogP contribution < -0.4 is 10.6 Å². The van der Waals surface area contributed by atoms with Crippen LogP contribution in [0.3, 0.4) is 0 Å². The molecular weight excluding hydrogens is 546 g/mol. The van der Waals surface area contributed by atoms with E-state index in [1.54, 1.807) is 18.3 Å². The molecule has 1 saturated carbocycles. The number of thiazole rings is 1. The summed E-state index contributed by atoms with van der Waals surface area (Å²) in [5.41, 5.74) is 0.439. The van der Waals surface area contributed by atoms with E-state index in [1.165, 1.54) is 35.6 Å². The van der Waals surface area contributed by atoms with Gasteiger partial charge < -0.3 is 15.7 Å². The summed E-state index contributed by atoms with van der Waals surface area (Å²) < 4.78 is 52.2. The maximum Gasteiger partial charge on any atom is 0.433 e. The van der Waals surface area contributed by atoms with Gasteiger partial charge >= 0.3 is 6.18 Å². The van der Waals surface area contributed by atoms with E-state index in [2.05, 4.69) is 25.6 Å². The third kappa shape index (κ3) is 6.28. The van der Waals surface area contributed by atoms with Gasteiger partial charge in [-0.15, -0.1) is 11.3 Å². The molecule has 5 rings (SSSR count). The average molecular weight is 572 g/mol. The van der Waals surface area contributed by atoms with Crippen LogP contribution in [0.15, 0.2) is 60.9 Å². The molecule has 0 aliphatic heterocycles. The highest BCUT2D eigenvalue weighted by Gasteiger charge is 2.39. The molecule has 1 aliphatic rings. The first-order valence-corrected chi connectivity index (χ1v) is 13.3. The van der Waals surface area contributed by atoms with Crippen LogP contribution in [0, 0.1) is 18.7 Å². The summed E-state index contributed by atoms with van der Waals surface area (Å²) in [6, 6.07) is 11.8. The van der Waals surface area contributed by atoms with Gasteiger partial charge in [-0.05, 0) is 86.2 Å². The maximum absolute atomic E-state index is 13.1. The molecule has 0 spiro atoms. The Bertz CT molecular complexity index is 1520. The Morgan fingerprint density at radius 3 is 2.48 bits per heavy atom. The van der Waals surface area contributed by atoms with Crippen LogP contribution in [-0.4, -0.2) is 26.0 Å². The first kappa shape index (κ1) is 27.7. The molecule has 1 fully saturated rings. The minimum absolute atomic E-state index is 0.168. The predicted octanol–water partition coefficient (Wildman–Crippen LogP) is 6.83. The van der Waals surface area contributed by atoms with E-state index in [9.17, 15) is 27.5 Å². The fourth-order valence-electron chi connectivity index (χ4n) is 4.68. The molecule has 0 radical (unpaired) electrons. The highest BCUT2D eigenvalue weighted by atomic mass is 32.1. The largest absolute Gasteiger partial charge is 0.433 e. The lowest BCUT2D eigenvalue weighted by atomic mass is 9.78. The Kier molecular flexibility index (Phi) is 7.56. The van der Waals surface area contributed by atoms with Gasteiger partial charge in [0.25, 0.3) is 0 Å². The second-order valence-corrected chi connectivity index (χ2v) is 10.8. The van der Waals surface area contributed by atoms with E-state index in [0.29, 0.717) is 42.1 Å². The molecule has 1 amide bonds. The zero-order valence-electron chi connectivity index (χ0n) is 21.3. The number of alkyl halides is 3. The van der Waals surface area contributed by atoms with Gasteiger partial charge in [0.15, 0.2) is 0 Å². The number of carbonyl (C=O) groups is 1. The number of halogens is 4. The van der Waals surface area contributed by atoms with Crippen molar-refractivity contribution >= 4 is 34.6 Å². The number of aromatic nitrogens is 3.